The number of carbonyl (C=O) groups is 4. The number of carbonyl (C=O) groups excluding carboxylic acids is 4. The predicted molar refractivity (Wildman–Crippen MR) is 116 cm³/mol. The first-order chi connectivity index (χ1) is 14.7. The summed E-state index contributed by atoms with van der Waals surface area (Å²) in [4.78, 5) is 51.9. The molecule has 2 aromatic carbocycles. The minimum Gasteiger partial charge on any atom is -0.426 e. The van der Waals surface area contributed by atoms with E-state index in [1.54, 1.807) is 38.1 Å². The summed E-state index contributed by atoms with van der Waals surface area (Å²) in [5.74, 6) is -2.08. The van der Waals surface area contributed by atoms with Crippen molar-refractivity contribution in [1.82, 2.24) is 5.32 Å². The number of nitrogens with two attached hydrogens (primary N) is 1. The van der Waals surface area contributed by atoms with Crippen molar-refractivity contribution in [3.63, 3.8) is 0 Å². The normalized spacial score (nSPS) is 17.6. The molecule has 1 unspecified atom stereocenters. The van der Waals surface area contributed by atoms with Gasteiger partial charge in [0.15, 0.2) is 5.54 Å². The molecule has 0 aromatic heterocycles. The summed E-state index contributed by atoms with van der Waals surface area (Å²) in [6.07, 6.45) is 0.164. The summed E-state index contributed by atoms with van der Waals surface area (Å²) in [7, 11) is 0. The summed E-state index contributed by atoms with van der Waals surface area (Å²) in [6.45, 7) is 7.20. The Bertz CT molecular complexity index is 1090. The molecule has 0 heterocycles. The van der Waals surface area contributed by atoms with E-state index >= 15 is 0 Å². The Labute approximate surface area is 181 Å². The van der Waals surface area contributed by atoms with Gasteiger partial charge >= 0.3 is 5.97 Å². The van der Waals surface area contributed by atoms with Crippen LogP contribution < -0.4 is 15.8 Å². The number of fused-ring (bicyclic) bond motifs is 1. The van der Waals surface area contributed by atoms with Crippen molar-refractivity contribution in [3.05, 3.63) is 58.7 Å². The Morgan fingerprint density at radius 3 is 2.35 bits per heavy atom. The minimum absolute atomic E-state index is 0.0578. The first-order valence-corrected chi connectivity index (χ1v) is 10.3. The van der Waals surface area contributed by atoms with Crippen molar-refractivity contribution in [1.29, 1.82) is 0 Å². The molecule has 0 bridgehead atoms. The summed E-state index contributed by atoms with van der Waals surface area (Å²) in [5, 5.41) is 2.63. The van der Waals surface area contributed by atoms with E-state index in [-0.39, 0.29) is 46.9 Å². The van der Waals surface area contributed by atoms with E-state index in [0.717, 1.165) is 5.56 Å². The summed E-state index contributed by atoms with van der Waals surface area (Å²) in [6, 6.07) is 9.59. The van der Waals surface area contributed by atoms with Crippen molar-refractivity contribution in [2.75, 3.05) is 5.73 Å². The smallest absolute Gasteiger partial charge is 0.310 e. The molecule has 2 aromatic rings. The number of hydrogen-bond acceptors (Lipinski definition) is 6. The fraction of sp³-hybridized carbons (Fsp3) is 0.333. The Morgan fingerprint density at radius 2 is 1.77 bits per heavy atom. The van der Waals surface area contributed by atoms with Gasteiger partial charge in [0.1, 0.15) is 5.75 Å². The van der Waals surface area contributed by atoms with E-state index < -0.39 is 29.0 Å². The maximum absolute atomic E-state index is 13.7. The van der Waals surface area contributed by atoms with E-state index in [9.17, 15) is 19.2 Å². The van der Waals surface area contributed by atoms with E-state index in [0.29, 0.717) is 0 Å². The maximum atomic E-state index is 13.7. The predicted octanol–water partition coefficient (Wildman–Crippen LogP) is 3.51. The average molecular weight is 422 g/mol. The standard InChI is InChI=1S/C24H26N2O5/c1-5-19(27)26-24(22(29)15-8-7-9-17(25)21(15)23(24)30)16-11-10-14(13(3)4)12-18(16)31-20(28)6-2/h7-13H,5-6,25H2,1-4H3,(H,26,27). The number of ketones is 2. The molecule has 0 saturated heterocycles. The number of amides is 1. The number of nitrogens with one attached hydrogen (secondary N) is 1. The van der Waals surface area contributed by atoms with E-state index in [2.05, 4.69) is 5.32 Å². The lowest BCUT2D eigenvalue weighted by Gasteiger charge is -2.29. The van der Waals surface area contributed by atoms with Crippen LogP contribution in [0.1, 0.15) is 78.3 Å². The van der Waals surface area contributed by atoms with Crippen LogP contribution >= 0.6 is 0 Å². The lowest BCUT2D eigenvalue weighted by Crippen LogP contribution is -2.54. The van der Waals surface area contributed by atoms with Gasteiger partial charge < -0.3 is 15.8 Å². The lowest BCUT2D eigenvalue weighted by molar-refractivity contribution is -0.134. The zero-order valence-corrected chi connectivity index (χ0v) is 18.1. The van der Waals surface area contributed by atoms with Crippen LogP contribution in [0.25, 0.3) is 0 Å². The molecule has 1 aliphatic rings. The van der Waals surface area contributed by atoms with Crippen LogP contribution in [-0.2, 0) is 15.1 Å². The van der Waals surface area contributed by atoms with E-state index in [1.165, 1.54) is 12.1 Å². The van der Waals surface area contributed by atoms with Crippen LogP contribution in [0.15, 0.2) is 36.4 Å². The number of hydrogen-bond donors (Lipinski definition) is 2. The van der Waals surface area contributed by atoms with Gasteiger partial charge in [-0.3, -0.25) is 19.2 Å². The molecule has 0 saturated carbocycles. The number of rotatable bonds is 6. The largest absolute Gasteiger partial charge is 0.426 e. The number of esters is 1. The van der Waals surface area contributed by atoms with Gasteiger partial charge in [-0.2, -0.15) is 0 Å². The highest BCUT2D eigenvalue weighted by Crippen LogP contribution is 2.44. The molecule has 7 heteroatoms. The number of ether oxygens (including phenoxy) is 1. The molecular formula is C24H26N2O5. The van der Waals surface area contributed by atoms with Crippen LogP contribution in [0.4, 0.5) is 5.69 Å². The second-order valence-corrected chi connectivity index (χ2v) is 7.82. The van der Waals surface area contributed by atoms with Gasteiger partial charge in [-0.25, -0.2) is 0 Å². The first kappa shape index (κ1) is 22.2. The van der Waals surface area contributed by atoms with Crippen LogP contribution in [0.2, 0.25) is 0 Å². The molecule has 3 rings (SSSR count). The van der Waals surface area contributed by atoms with Crippen LogP contribution in [-0.4, -0.2) is 23.4 Å². The molecular weight excluding hydrogens is 396 g/mol. The molecule has 1 amide bonds. The van der Waals surface area contributed by atoms with Crippen molar-refractivity contribution in [2.45, 2.75) is 52.0 Å². The summed E-state index contributed by atoms with van der Waals surface area (Å²) >= 11 is 0. The number of benzene rings is 2. The highest BCUT2D eigenvalue weighted by Gasteiger charge is 2.57. The van der Waals surface area contributed by atoms with Crippen molar-refractivity contribution in [2.24, 2.45) is 0 Å². The molecule has 0 aliphatic heterocycles. The molecule has 0 fully saturated rings. The highest BCUT2D eigenvalue weighted by atomic mass is 16.5. The fourth-order valence-electron chi connectivity index (χ4n) is 3.72. The Balaban J connectivity index is 2.32. The molecule has 31 heavy (non-hydrogen) atoms. The minimum atomic E-state index is -2.05. The monoisotopic (exact) mass is 422 g/mol. The summed E-state index contributed by atoms with van der Waals surface area (Å²) in [5.41, 5.74) is 5.28. The molecule has 0 spiro atoms. The van der Waals surface area contributed by atoms with Crippen molar-refractivity contribution in [3.8, 4) is 5.75 Å². The SMILES string of the molecule is CCC(=O)NC1(c2ccc(C(C)C)cc2OC(=O)CC)C(=O)c2cccc(N)c2C1=O. The first-order valence-electron chi connectivity index (χ1n) is 10.3. The van der Waals surface area contributed by atoms with E-state index in [4.69, 9.17) is 10.5 Å². The second kappa shape index (κ2) is 8.34. The van der Waals surface area contributed by atoms with Gasteiger partial charge in [0.2, 0.25) is 17.5 Å². The van der Waals surface area contributed by atoms with Gasteiger partial charge in [-0.15, -0.1) is 0 Å². The number of anilines is 1. The third-order valence-corrected chi connectivity index (χ3v) is 5.49. The third kappa shape index (κ3) is 3.60. The summed E-state index contributed by atoms with van der Waals surface area (Å²) < 4.78 is 5.54. The third-order valence-electron chi connectivity index (χ3n) is 5.49. The van der Waals surface area contributed by atoms with Crippen molar-refractivity contribution >= 4 is 29.1 Å². The molecule has 1 atom stereocenters. The van der Waals surface area contributed by atoms with Gasteiger partial charge in [-0.05, 0) is 23.6 Å². The Kier molecular flexibility index (Phi) is 5.97. The Hall–Kier alpha value is -3.48. The van der Waals surface area contributed by atoms with Gasteiger partial charge in [0.05, 0.1) is 5.56 Å². The zero-order chi connectivity index (χ0) is 22.9. The second-order valence-electron chi connectivity index (χ2n) is 7.82. The number of Topliss-reactive ketones (excluding diaryl/α,β-unsaturated/α-hetero) is 2. The maximum Gasteiger partial charge on any atom is 0.310 e. The van der Waals surface area contributed by atoms with Crippen LogP contribution in [0.3, 0.4) is 0 Å². The fourth-order valence-corrected chi connectivity index (χ4v) is 3.72. The van der Waals surface area contributed by atoms with E-state index in [1.807, 2.05) is 13.8 Å². The van der Waals surface area contributed by atoms with Crippen molar-refractivity contribution < 1.29 is 23.9 Å². The Morgan fingerprint density at radius 1 is 1.06 bits per heavy atom. The zero-order valence-electron chi connectivity index (χ0n) is 18.1. The lowest BCUT2D eigenvalue weighted by atomic mass is 9.82. The molecule has 162 valence electrons. The van der Waals surface area contributed by atoms with Crippen LogP contribution in [0.5, 0.6) is 5.75 Å². The topological polar surface area (TPSA) is 116 Å². The number of nitrogen functional groups attached to an aromatic ring is 1. The van der Waals surface area contributed by atoms with Gasteiger partial charge in [-0.1, -0.05) is 52.0 Å². The van der Waals surface area contributed by atoms with Gasteiger partial charge in [0.25, 0.3) is 0 Å². The highest BCUT2D eigenvalue weighted by molar-refractivity contribution is 6.35. The average Bonchev–Trinajstić information content (AvgIpc) is 2.96. The molecule has 3 N–H and O–H groups in total. The molecule has 7 nitrogen and oxygen atoms in total. The molecule has 1 aliphatic carbocycles. The molecule has 0 radical (unpaired) electrons. The van der Waals surface area contributed by atoms with Crippen LogP contribution in [0, 0.1) is 0 Å². The quantitative estimate of drug-likeness (QED) is 0.319. The van der Waals surface area contributed by atoms with Gasteiger partial charge in [0, 0.05) is 29.7 Å².